The Morgan fingerprint density at radius 3 is 2.40 bits per heavy atom. The number of hydrogen-bond donors (Lipinski definition) is 2. The van der Waals surface area contributed by atoms with E-state index in [0.717, 1.165) is 18.4 Å². The van der Waals surface area contributed by atoms with Gasteiger partial charge in [0.25, 0.3) is 0 Å². The maximum Gasteiger partial charge on any atom is 0.142 e. The van der Waals surface area contributed by atoms with E-state index in [0.29, 0.717) is 0 Å². The van der Waals surface area contributed by atoms with Crippen LogP contribution < -0.4 is 11.3 Å². The van der Waals surface area contributed by atoms with Crippen LogP contribution in [0.25, 0.3) is 0 Å². The summed E-state index contributed by atoms with van der Waals surface area (Å²) in [5, 5.41) is 0.153. The molecule has 0 bridgehead atoms. The molecule has 3 N–H and O–H groups in total. The van der Waals surface area contributed by atoms with Gasteiger partial charge in [0.2, 0.25) is 0 Å². The molecule has 1 rings (SSSR count). The summed E-state index contributed by atoms with van der Waals surface area (Å²) in [5.41, 5.74) is 3.63. The minimum atomic E-state index is -0.385. The van der Waals surface area contributed by atoms with Gasteiger partial charge in [0.15, 0.2) is 0 Å². The Labute approximate surface area is 126 Å². The second-order valence-electron chi connectivity index (χ2n) is 5.30. The van der Waals surface area contributed by atoms with Crippen molar-refractivity contribution in [3.05, 3.63) is 34.6 Å². The lowest BCUT2D eigenvalue weighted by atomic mass is 10.00. The van der Waals surface area contributed by atoms with Crippen molar-refractivity contribution in [2.24, 2.45) is 5.84 Å². The Morgan fingerprint density at radius 1 is 1.15 bits per heavy atom. The summed E-state index contributed by atoms with van der Waals surface area (Å²) in [5.74, 6) is 5.18. The molecule has 1 aromatic rings. The summed E-state index contributed by atoms with van der Waals surface area (Å²) in [6.07, 6.45) is 9.75. The van der Waals surface area contributed by atoms with Crippen LogP contribution in [0.4, 0.5) is 4.39 Å². The van der Waals surface area contributed by atoms with Crippen LogP contribution >= 0.6 is 11.6 Å². The third-order valence-corrected chi connectivity index (χ3v) is 3.95. The molecule has 114 valence electrons. The molecule has 0 aliphatic rings. The molecule has 4 heteroatoms. The monoisotopic (exact) mass is 300 g/mol. The number of unbranched alkanes of at least 4 members (excludes halogenated alkanes) is 6. The maximum absolute atomic E-state index is 13.4. The number of rotatable bonds is 10. The van der Waals surface area contributed by atoms with E-state index >= 15 is 0 Å². The SMILES string of the molecule is CCCCCCCCCC(NN)c1ccc(Cl)c(F)c1. The Balaban J connectivity index is 2.30. The van der Waals surface area contributed by atoms with Crippen molar-refractivity contribution < 1.29 is 4.39 Å². The van der Waals surface area contributed by atoms with Gasteiger partial charge in [0.1, 0.15) is 5.82 Å². The number of hydrogen-bond acceptors (Lipinski definition) is 2. The van der Waals surface area contributed by atoms with Crippen LogP contribution in [-0.4, -0.2) is 0 Å². The Hall–Kier alpha value is -0.640. The normalized spacial score (nSPS) is 12.6. The van der Waals surface area contributed by atoms with Gasteiger partial charge in [-0.25, -0.2) is 4.39 Å². The van der Waals surface area contributed by atoms with Crippen LogP contribution in [0, 0.1) is 5.82 Å². The van der Waals surface area contributed by atoms with Crippen LogP contribution in [0.2, 0.25) is 5.02 Å². The van der Waals surface area contributed by atoms with Gasteiger partial charge in [0.05, 0.1) is 5.02 Å². The van der Waals surface area contributed by atoms with E-state index in [9.17, 15) is 4.39 Å². The van der Waals surface area contributed by atoms with Gasteiger partial charge < -0.3 is 0 Å². The zero-order valence-electron chi connectivity index (χ0n) is 12.3. The second-order valence-corrected chi connectivity index (χ2v) is 5.71. The highest BCUT2D eigenvalue weighted by Crippen LogP contribution is 2.23. The maximum atomic E-state index is 13.4. The van der Waals surface area contributed by atoms with Gasteiger partial charge >= 0.3 is 0 Å². The molecule has 20 heavy (non-hydrogen) atoms. The first-order valence-electron chi connectivity index (χ1n) is 7.60. The van der Waals surface area contributed by atoms with Crippen molar-refractivity contribution in [3.8, 4) is 0 Å². The number of nitrogens with two attached hydrogens (primary N) is 1. The average molecular weight is 301 g/mol. The van der Waals surface area contributed by atoms with Gasteiger partial charge in [-0.15, -0.1) is 0 Å². The standard InChI is InChI=1S/C16H26ClFN2/c1-2-3-4-5-6-7-8-9-16(20-19)13-10-11-14(17)15(18)12-13/h10-12,16,20H,2-9,19H2,1H3. The van der Waals surface area contributed by atoms with E-state index in [4.69, 9.17) is 17.4 Å². The van der Waals surface area contributed by atoms with E-state index in [2.05, 4.69) is 12.3 Å². The van der Waals surface area contributed by atoms with Crippen LogP contribution in [0.1, 0.15) is 69.9 Å². The molecule has 0 amide bonds. The van der Waals surface area contributed by atoms with E-state index in [1.165, 1.54) is 44.6 Å². The van der Waals surface area contributed by atoms with Gasteiger partial charge in [-0.1, -0.05) is 69.5 Å². The van der Waals surface area contributed by atoms with Crippen molar-refractivity contribution in [1.29, 1.82) is 0 Å². The third-order valence-electron chi connectivity index (χ3n) is 3.64. The summed E-state index contributed by atoms with van der Waals surface area (Å²) in [6, 6.07) is 4.88. The Kier molecular flexibility index (Phi) is 8.83. The quantitative estimate of drug-likeness (QED) is 0.357. The van der Waals surface area contributed by atoms with E-state index in [-0.39, 0.29) is 16.9 Å². The van der Waals surface area contributed by atoms with Gasteiger partial charge in [-0.3, -0.25) is 11.3 Å². The van der Waals surface area contributed by atoms with E-state index in [1.807, 2.05) is 6.07 Å². The molecule has 0 radical (unpaired) electrons. The Bertz CT molecular complexity index is 385. The van der Waals surface area contributed by atoms with Crippen molar-refractivity contribution in [2.45, 2.75) is 64.3 Å². The van der Waals surface area contributed by atoms with Crippen molar-refractivity contribution >= 4 is 11.6 Å². The molecule has 0 heterocycles. The fourth-order valence-electron chi connectivity index (χ4n) is 2.38. The Morgan fingerprint density at radius 2 is 1.80 bits per heavy atom. The molecule has 0 saturated heterocycles. The fourth-order valence-corrected chi connectivity index (χ4v) is 2.50. The molecule has 0 aliphatic heterocycles. The third kappa shape index (κ3) is 6.21. The number of nitrogens with one attached hydrogen (secondary N) is 1. The average Bonchev–Trinajstić information content (AvgIpc) is 2.45. The minimum absolute atomic E-state index is 0.00240. The highest BCUT2D eigenvalue weighted by Gasteiger charge is 2.11. The molecule has 0 aromatic heterocycles. The largest absolute Gasteiger partial charge is 0.271 e. The number of hydrazine groups is 1. The molecule has 1 unspecified atom stereocenters. The van der Waals surface area contributed by atoms with Gasteiger partial charge in [0, 0.05) is 6.04 Å². The van der Waals surface area contributed by atoms with Crippen molar-refractivity contribution in [1.82, 2.24) is 5.43 Å². The predicted molar refractivity (Wildman–Crippen MR) is 84.1 cm³/mol. The first-order valence-corrected chi connectivity index (χ1v) is 7.98. The molecule has 0 spiro atoms. The van der Waals surface area contributed by atoms with Gasteiger partial charge in [-0.05, 0) is 24.1 Å². The summed E-state index contributed by atoms with van der Waals surface area (Å²) in [4.78, 5) is 0. The number of benzene rings is 1. The lowest BCUT2D eigenvalue weighted by Gasteiger charge is -2.16. The first-order chi connectivity index (χ1) is 9.69. The number of halogens is 2. The second kappa shape index (κ2) is 10.1. The zero-order valence-corrected chi connectivity index (χ0v) is 13.1. The lowest BCUT2D eigenvalue weighted by molar-refractivity contribution is 0.473. The highest BCUT2D eigenvalue weighted by atomic mass is 35.5. The molecular formula is C16H26ClFN2. The summed E-state index contributed by atoms with van der Waals surface area (Å²) < 4.78 is 13.4. The molecule has 0 fully saturated rings. The fraction of sp³-hybridized carbons (Fsp3) is 0.625. The summed E-state index contributed by atoms with van der Waals surface area (Å²) >= 11 is 5.69. The van der Waals surface area contributed by atoms with Crippen molar-refractivity contribution in [3.63, 3.8) is 0 Å². The van der Waals surface area contributed by atoms with Crippen LogP contribution in [0.5, 0.6) is 0 Å². The lowest BCUT2D eigenvalue weighted by Crippen LogP contribution is -2.28. The predicted octanol–water partition coefficient (Wildman–Crippen LogP) is 5.12. The van der Waals surface area contributed by atoms with E-state index in [1.54, 1.807) is 6.07 Å². The molecule has 1 aromatic carbocycles. The summed E-state index contributed by atoms with van der Waals surface area (Å²) in [6.45, 7) is 2.22. The van der Waals surface area contributed by atoms with Crippen LogP contribution in [0.3, 0.4) is 0 Å². The topological polar surface area (TPSA) is 38.0 Å². The minimum Gasteiger partial charge on any atom is -0.271 e. The van der Waals surface area contributed by atoms with E-state index < -0.39 is 0 Å². The molecule has 2 nitrogen and oxygen atoms in total. The summed E-state index contributed by atoms with van der Waals surface area (Å²) in [7, 11) is 0. The smallest absolute Gasteiger partial charge is 0.142 e. The highest BCUT2D eigenvalue weighted by molar-refractivity contribution is 6.30. The van der Waals surface area contributed by atoms with Gasteiger partial charge in [-0.2, -0.15) is 0 Å². The molecule has 0 saturated carbocycles. The molecule has 0 aliphatic carbocycles. The van der Waals surface area contributed by atoms with Crippen LogP contribution in [-0.2, 0) is 0 Å². The molecular weight excluding hydrogens is 275 g/mol. The molecule has 1 atom stereocenters. The first kappa shape index (κ1) is 17.4. The van der Waals surface area contributed by atoms with Crippen LogP contribution in [0.15, 0.2) is 18.2 Å². The van der Waals surface area contributed by atoms with Crippen molar-refractivity contribution in [2.75, 3.05) is 0 Å². The zero-order chi connectivity index (χ0) is 14.8.